The molecule has 9 nitrogen and oxygen atoms in total. The standard InChI is InChI=1S/C27H25N5O4S/c1-27(15-33)10-9-16-7-8-17(12-19(16)27)24(35)29-13-23(34)32-26-31-22(14-37-26)21-6-2-5-20(30-21)18-4-3-11-28-25(18)36/h2-8,11-12,14,33H,9-10,13,15H2,1H3,(H,28,36)(H,29,35)(H,31,32,34)/t27-/m0/s1. The summed E-state index contributed by atoms with van der Waals surface area (Å²) in [5.41, 5.74) is 4.09. The first kappa shape index (κ1) is 24.5. The Balaban J connectivity index is 1.21. The van der Waals surface area contributed by atoms with Gasteiger partial charge in [0.1, 0.15) is 5.69 Å². The topological polar surface area (TPSA) is 137 Å². The number of aromatic amines is 1. The molecule has 0 radical (unpaired) electrons. The van der Waals surface area contributed by atoms with Crippen molar-refractivity contribution in [1.82, 2.24) is 20.3 Å². The first-order valence-electron chi connectivity index (χ1n) is 11.8. The number of fused-ring (bicyclic) bond motifs is 1. The molecule has 1 atom stereocenters. The van der Waals surface area contributed by atoms with Gasteiger partial charge in [-0.05, 0) is 60.4 Å². The van der Waals surface area contributed by atoms with Gasteiger partial charge in [-0.2, -0.15) is 0 Å². The van der Waals surface area contributed by atoms with Gasteiger partial charge in [-0.1, -0.05) is 19.1 Å². The van der Waals surface area contributed by atoms with E-state index in [0.29, 0.717) is 33.3 Å². The van der Waals surface area contributed by atoms with Gasteiger partial charge in [0.05, 0.1) is 30.1 Å². The van der Waals surface area contributed by atoms with E-state index in [1.807, 2.05) is 19.1 Å². The Kier molecular flexibility index (Phi) is 6.68. The van der Waals surface area contributed by atoms with Gasteiger partial charge in [-0.25, -0.2) is 9.97 Å². The van der Waals surface area contributed by atoms with E-state index in [-0.39, 0.29) is 30.0 Å². The molecule has 2 amide bonds. The number of H-pyrrole nitrogens is 1. The van der Waals surface area contributed by atoms with Crippen molar-refractivity contribution in [2.45, 2.75) is 25.2 Å². The van der Waals surface area contributed by atoms with Crippen molar-refractivity contribution in [1.29, 1.82) is 0 Å². The van der Waals surface area contributed by atoms with Crippen LogP contribution in [0.4, 0.5) is 5.13 Å². The van der Waals surface area contributed by atoms with E-state index in [0.717, 1.165) is 24.0 Å². The summed E-state index contributed by atoms with van der Waals surface area (Å²) in [6, 6.07) is 14.2. The summed E-state index contributed by atoms with van der Waals surface area (Å²) >= 11 is 1.24. The van der Waals surface area contributed by atoms with Crippen LogP contribution in [0.25, 0.3) is 22.6 Å². The molecule has 0 saturated carbocycles. The van der Waals surface area contributed by atoms with Crippen molar-refractivity contribution in [2.75, 3.05) is 18.5 Å². The molecule has 0 spiro atoms. The van der Waals surface area contributed by atoms with E-state index in [9.17, 15) is 19.5 Å². The molecule has 3 aromatic heterocycles. The number of aromatic nitrogens is 3. The van der Waals surface area contributed by atoms with Crippen molar-refractivity contribution in [3.63, 3.8) is 0 Å². The molecule has 3 heterocycles. The molecule has 0 unspecified atom stereocenters. The number of hydrogen-bond donors (Lipinski definition) is 4. The maximum absolute atomic E-state index is 12.7. The normalized spacial score (nSPS) is 16.3. The average molecular weight is 516 g/mol. The number of carbonyl (C=O) groups is 2. The lowest BCUT2D eigenvalue weighted by Crippen LogP contribution is -2.33. The van der Waals surface area contributed by atoms with Crippen LogP contribution in [0.1, 0.15) is 34.8 Å². The monoisotopic (exact) mass is 515 g/mol. The molecular weight excluding hydrogens is 490 g/mol. The lowest BCUT2D eigenvalue weighted by Gasteiger charge is -2.22. The maximum Gasteiger partial charge on any atom is 0.257 e. The molecule has 0 fully saturated rings. The van der Waals surface area contributed by atoms with Gasteiger partial charge < -0.3 is 20.7 Å². The van der Waals surface area contributed by atoms with Crippen LogP contribution >= 0.6 is 11.3 Å². The van der Waals surface area contributed by atoms with E-state index in [2.05, 4.69) is 25.6 Å². The number of nitrogens with zero attached hydrogens (tertiary/aromatic N) is 2. The number of pyridine rings is 2. The van der Waals surface area contributed by atoms with E-state index >= 15 is 0 Å². The Morgan fingerprint density at radius 2 is 1.95 bits per heavy atom. The van der Waals surface area contributed by atoms with Crippen LogP contribution in [0.3, 0.4) is 0 Å². The summed E-state index contributed by atoms with van der Waals surface area (Å²) < 4.78 is 0. The zero-order valence-corrected chi connectivity index (χ0v) is 20.9. The van der Waals surface area contributed by atoms with Crippen molar-refractivity contribution in [3.8, 4) is 22.6 Å². The Morgan fingerprint density at radius 3 is 2.76 bits per heavy atom. The molecule has 0 bridgehead atoms. The Bertz CT molecular complexity index is 1550. The lowest BCUT2D eigenvalue weighted by atomic mass is 9.84. The van der Waals surface area contributed by atoms with E-state index in [4.69, 9.17) is 0 Å². The molecule has 1 aliphatic rings. The van der Waals surface area contributed by atoms with Crippen molar-refractivity contribution in [3.05, 3.63) is 87.2 Å². The number of carbonyl (C=O) groups excluding carboxylic acids is 2. The van der Waals surface area contributed by atoms with Crippen LogP contribution in [-0.4, -0.2) is 45.0 Å². The fraction of sp³-hybridized carbons (Fsp3) is 0.222. The Morgan fingerprint density at radius 1 is 1.11 bits per heavy atom. The quantitative estimate of drug-likeness (QED) is 0.299. The Labute approximate surface area is 216 Å². The highest BCUT2D eigenvalue weighted by atomic mass is 32.1. The van der Waals surface area contributed by atoms with Crippen LogP contribution < -0.4 is 16.2 Å². The summed E-state index contributed by atoms with van der Waals surface area (Å²) in [6.45, 7) is 1.80. The predicted octanol–water partition coefficient (Wildman–Crippen LogP) is 3.13. The second-order valence-corrected chi connectivity index (χ2v) is 10.0. The van der Waals surface area contributed by atoms with E-state index in [1.165, 1.54) is 11.3 Å². The second kappa shape index (κ2) is 10.1. The van der Waals surface area contributed by atoms with Gasteiger partial charge in [0, 0.05) is 22.6 Å². The highest BCUT2D eigenvalue weighted by Gasteiger charge is 2.34. The average Bonchev–Trinajstić information content (AvgIpc) is 3.52. The lowest BCUT2D eigenvalue weighted by molar-refractivity contribution is -0.115. The third-order valence-corrected chi connectivity index (χ3v) is 7.34. The molecule has 1 aliphatic carbocycles. The number of anilines is 1. The van der Waals surface area contributed by atoms with E-state index < -0.39 is 5.91 Å². The number of thiazole rings is 1. The maximum atomic E-state index is 12.7. The van der Waals surface area contributed by atoms with Gasteiger partial charge >= 0.3 is 0 Å². The number of aliphatic hydroxyl groups excluding tert-OH is 1. The van der Waals surface area contributed by atoms with Crippen LogP contribution in [0.2, 0.25) is 0 Å². The van der Waals surface area contributed by atoms with Crippen LogP contribution in [0, 0.1) is 0 Å². The summed E-state index contributed by atoms with van der Waals surface area (Å²) in [4.78, 5) is 48.8. The van der Waals surface area contributed by atoms with Crippen LogP contribution in [0.5, 0.6) is 0 Å². The summed E-state index contributed by atoms with van der Waals surface area (Å²) in [5, 5.41) is 17.3. The van der Waals surface area contributed by atoms with Crippen LogP contribution in [0.15, 0.2) is 64.9 Å². The number of hydrogen-bond acceptors (Lipinski definition) is 7. The second-order valence-electron chi connectivity index (χ2n) is 9.18. The van der Waals surface area contributed by atoms with E-state index in [1.54, 1.807) is 48.0 Å². The SMILES string of the molecule is C[C@@]1(CO)CCc2ccc(C(=O)NCC(=O)Nc3nc(-c4cccc(-c5ccc[nH]c5=O)n4)cs3)cc21. The molecular formula is C27H25N5O4S. The highest BCUT2D eigenvalue weighted by Crippen LogP contribution is 2.38. The van der Waals surface area contributed by atoms with Gasteiger partial charge in [-0.3, -0.25) is 14.4 Å². The predicted molar refractivity (Wildman–Crippen MR) is 142 cm³/mol. The summed E-state index contributed by atoms with van der Waals surface area (Å²) in [6.07, 6.45) is 3.27. The molecule has 10 heteroatoms. The minimum Gasteiger partial charge on any atom is -0.395 e. The fourth-order valence-electron chi connectivity index (χ4n) is 4.43. The highest BCUT2D eigenvalue weighted by molar-refractivity contribution is 7.14. The number of rotatable bonds is 7. The molecule has 4 aromatic rings. The van der Waals surface area contributed by atoms with Gasteiger partial charge in [0.25, 0.3) is 11.5 Å². The van der Waals surface area contributed by atoms with Gasteiger partial charge in [-0.15, -0.1) is 11.3 Å². The largest absolute Gasteiger partial charge is 0.395 e. The molecule has 5 rings (SSSR count). The first-order valence-corrected chi connectivity index (χ1v) is 12.7. The summed E-state index contributed by atoms with van der Waals surface area (Å²) in [7, 11) is 0. The number of nitrogens with one attached hydrogen (secondary N) is 3. The zero-order valence-electron chi connectivity index (χ0n) is 20.1. The third-order valence-electron chi connectivity index (χ3n) is 6.58. The minimum atomic E-state index is -0.409. The molecule has 188 valence electrons. The molecule has 0 saturated heterocycles. The molecule has 1 aromatic carbocycles. The molecule has 0 aliphatic heterocycles. The molecule has 4 N–H and O–H groups in total. The Hall–Kier alpha value is -4.15. The van der Waals surface area contributed by atoms with Crippen molar-refractivity contribution >= 4 is 28.3 Å². The zero-order chi connectivity index (χ0) is 26.0. The smallest absolute Gasteiger partial charge is 0.257 e. The number of amides is 2. The summed E-state index contributed by atoms with van der Waals surface area (Å²) in [5.74, 6) is -0.769. The number of benzene rings is 1. The fourth-order valence-corrected chi connectivity index (χ4v) is 5.15. The van der Waals surface area contributed by atoms with Crippen molar-refractivity contribution in [2.24, 2.45) is 0 Å². The number of aliphatic hydroxyl groups is 1. The van der Waals surface area contributed by atoms with Gasteiger partial charge in [0.2, 0.25) is 5.91 Å². The third kappa shape index (κ3) is 5.07. The van der Waals surface area contributed by atoms with Gasteiger partial charge in [0.15, 0.2) is 5.13 Å². The first-order chi connectivity index (χ1) is 17.9. The number of aryl methyl sites for hydroxylation is 1. The molecule has 37 heavy (non-hydrogen) atoms. The van der Waals surface area contributed by atoms with Crippen molar-refractivity contribution < 1.29 is 14.7 Å². The minimum absolute atomic E-state index is 0.0215. The van der Waals surface area contributed by atoms with Crippen LogP contribution in [-0.2, 0) is 16.6 Å².